The molecule has 8 heteroatoms. The van der Waals surface area contributed by atoms with Crippen LogP contribution in [0.1, 0.15) is 24.7 Å². The van der Waals surface area contributed by atoms with Gasteiger partial charge >= 0.3 is 0 Å². The average Bonchev–Trinajstić information content (AvgIpc) is 2.74. The van der Waals surface area contributed by atoms with Gasteiger partial charge in [-0.2, -0.15) is 5.10 Å². The van der Waals surface area contributed by atoms with Gasteiger partial charge in [-0.15, -0.1) is 0 Å². The molecule has 0 unspecified atom stereocenters. The first-order chi connectivity index (χ1) is 9.03. The second-order valence-electron chi connectivity index (χ2n) is 4.15. The van der Waals surface area contributed by atoms with Crippen LogP contribution in [0.25, 0.3) is 0 Å². The smallest absolute Gasteiger partial charge is 0.244 e. The first kappa shape index (κ1) is 16.1. The highest BCUT2D eigenvalue weighted by Crippen LogP contribution is 2.17. The Labute approximate surface area is 114 Å². The predicted molar refractivity (Wildman–Crippen MR) is 72.4 cm³/mol. The minimum Gasteiger partial charge on any atom is -0.385 e. The maximum Gasteiger partial charge on any atom is 0.244 e. The van der Waals surface area contributed by atoms with Crippen LogP contribution in [0.15, 0.2) is 4.90 Å². The van der Waals surface area contributed by atoms with Crippen LogP contribution in [0.2, 0.25) is 0 Å². The van der Waals surface area contributed by atoms with Gasteiger partial charge in [0.25, 0.3) is 0 Å². The van der Waals surface area contributed by atoms with E-state index in [1.807, 2.05) is 6.92 Å². The van der Waals surface area contributed by atoms with E-state index in [-0.39, 0.29) is 4.90 Å². The summed E-state index contributed by atoms with van der Waals surface area (Å²) in [6.45, 7) is 5.71. The fraction of sp³-hybridized carbons (Fsp3) is 0.727. The lowest BCUT2D eigenvalue weighted by Crippen LogP contribution is -2.27. The molecule has 110 valence electrons. The Morgan fingerprint density at radius 2 is 2.16 bits per heavy atom. The van der Waals surface area contributed by atoms with Crippen molar-refractivity contribution in [2.24, 2.45) is 0 Å². The van der Waals surface area contributed by atoms with Gasteiger partial charge in [0.15, 0.2) is 0 Å². The molecule has 0 radical (unpaired) electrons. The van der Waals surface area contributed by atoms with Crippen LogP contribution in [0.5, 0.6) is 0 Å². The number of nitrogens with zero attached hydrogens (tertiary/aromatic N) is 1. The van der Waals surface area contributed by atoms with Gasteiger partial charge in [0.05, 0.1) is 11.4 Å². The predicted octanol–water partition coefficient (Wildman–Crippen LogP) is 0.142. The molecule has 0 amide bonds. The van der Waals surface area contributed by atoms with Crippen LogP contribution in [-0.2, 0) is 21.3 Å². The number of aromatic nitrogens is 2. The van der Waals surface area contributed by atoms with E-state index in [4.69, 9.17) is 4.74 Å². The van der Waals surface area contributed by atoms with Crippen molar-refractivity contribution < 1.29 is 13.2 Å². The summed E-state index contributed by atoms with van der Waals surface area (Å²) in [5, 5.41) is 9.82. The topological polar surface area (TPSA) is 96.1 Å². The Kier molecular flexibility index (Phi) is 6.43. The third-order valence-electron chi connectivity index (χ3n) is 2.59. The Bertz CT molecular complexity index is 484. The maximum absolute atomic E-state index is 12.2. The number of hydrogen-bond acceptors (Lipinski definition) is 5. The number of sulfonamides is 1. The molecule has 7 nitrogen and oxygen atoms in total. The van der Waals surface area contributed by atoms with Crippen molar-refractivity contribution in [3.8, 4) is 0 Å². The second-order valence-corrected chi connectivity index (χ2v) is 5.85. The molecule has 19 heavy (non-hydrogen) atoms. The van der Waals surface area contributed by atoms with E-state index in [1.54, 1.807) is 14.0 Å². The number of H-pyrrole nitrogens is 1. The summed E-state index contributed by atoms with van der Waals surface area (Å²) in [5.74, 6) is 0. The lowest BCUT2D eigenvalue weighted by molar-refractivity contribution is 0.196. The summed E-state index contributed by atoms with van der Waals surface area (Å²) >= 11 is 0. The van der Waals surface area contributed by atoms with Gasteiger partial charge in [0.2, 0.25) is 10.0 Å². The number of ether oxygens (including phenoxy) is 1. The molecule has 0 aliphatic carbocycles. The van der Waals surface area contributed by atoms with E-state index in [9.17, 15) is 8.42 Å². The van der Waals surface area contributed by atoms with Crippen LogP contribution < -0.4 is 10.0 Å². The van der Waals surface area contributed by atoms with E-state index < -0.39 is 10.0 Å². The summed E-state index contributed by atoms with van der Waals surface area (Å²) in [7, 11) is -1.94. The molecule has 0 fully saturated rings. The lowest BCUT2D eigenvalue weighted by atomic mass is 10.3. The van der Waals surface area contributed by atoms with Crippen LogP contribution in [0, 0.1) is 6.92 Å². The van der Waals surface area contributed by atoms with Crippen molar-refractivity contribution in [1.29, 1.82) is 0 Å². The van der Waals surface area contributed by atoms with Crippen molar-refractivity contribution in [2.75, 3.05) is 26.8 Å². The van der Waals surface area contributed by atoms with Crippen molar-refractivity contribution in [3.05, 3.63) is 11.4 Å². The van der Waals surface area contributed by atoms with Crippen LogP contribution in [0.4, 0.5) is 0 Å². The third-order valence-corrected chi connectivity index (χ3v) is 4.25. The molecule has 0 bridgehead atoms. The van der Waals surface area contributed by atoms with E-state index in [0.29, 0.717) is 37.5 Å². The fourth-order valence-electron chi connectivity index (χ4n) is 1.68. The molecule has 0 aliphatic rings. The van der Waals surface area contributed by atoms with E-state index in [2.05, 4.69) is 20.2 Å². The van der Waals surface area contributed by atoms with Gasteiger partial charge in [0.1, 0.15) is 4.90 Å². The summed E-state index contributed by atoms with van der Waals surface area (Å²) in [6.07, 6.45) is 0.634. The van der Waals surface area contributed by atoms with Crippen LogP contribution in [0.3, 0.4) is 0 Å². The second kappa shape index (κ2) is 7.59. The summed E-state index contributed by atoms with van der Waals surface area (Å²) < 4.78 is 31.9. The van der Waals surface area contributed by atoms with Crippen LogP contribution >= 0.6 is 0 Å². The normalized spacial score (nSPS) is 11.9. The van der Waals surface area contributed by atoms with Crippen molar-refractivity contribution in [1.82, 2.24) is 20.2 Å². The van der Waals surface area contributed by atoms with Crippen molar-refractivity contribution in [2.45, 2.75) is 31.7 Å². The zero-order valence-electron chi connectivity index (χ0n) is 11.6. The van der Waals surface area contributed by atoms with Gasteiger partial charge in [-0.1, -0.05) is 6.92 Å². The first-order valence-electron chi connectivity index (χ1n) is 6.26. The molecule has 1 heterocycles. The van der Waals surface area contributed by atoms with Gasteiger partial charge < -0.3 is 10.1 Å². The molecular formula is C11H22N4O3S. The minimum absolute atomic E-state index is 0.242. The van der Waals surface area contributed by atoms with Gasteiger partial charge in [-0.05, 0) is 19.9 Å². The Morgan fingerprint density at radius 3 is 2.79 bits per heavy atom. The molecule has 0 saturated heterocycles. The largest absolute Gasteiger partial charge is 0.385 e. The highest BCUT2D eigenvalue weighted by atomic mass is 32.2. The molecule has 1 rings (SSSR count). The van der Waals surface area contributed by atoms with Gasteiger partial charge in [-0.3, -0.25) is 5.10 Å². The third kappa shape index (κ3) is 4.57. The standard InChI is InChI=1S/C11H22N4O3S/c1-4-12-8-10-11(9(2)14-15-10)19(16,17)13-6-5-7-18-3/h12-13H,4-8H2,1-3H3,(H,14,15). The van der Waals surface area contributed by atoms with E-state index >= 15 is 0 Å². The van der Waals surface area contributed by atoms with Crippen molar-refractivity contribution >= 4 is 10.0 Å². The number of nitrogens with one attached hydrogen (secondary N) is 3. The quantitative estimate of drug-likeness (QED) is 0.562. The Morgan fingerprint density at radius 1 is 1.42 bits per heavy atom. The molecule has 3 N–H and O–H groups in total. The molecule has 0 spiro atoms. The van der Waals surface area contributed by atoms with Crippen molar-refractivity contribution in [3.63, 3.8) is 0 Å². The summed E-state index contributed by atoms with van der Waals surface area (Å²) in [4.78, 5) is 0.242. The number of aromatic amines is 1. The molecule has 1 aromatic heterocycles. The lowest BCUT2D eigenvalue weighted by Gasteiger charge is -2.08. The molecule has 0 aliphatic heterocycles. The van der Waals surface area contributed by atoms with Gasteiger partial charge in [0, 0.05) is 26.8 Å². The fourth-order valence-corrected chi connectivity index (χ4v) is 3.12. The highest BCUT2D eigenvalue weighted by Gasteiger charge is 2.23. The average molecular weight is 290 g/mol. The Hall–Kier alpha value is -0.960. The number of methoxy groups -OCH3 is 1. The molecule has 1 aromatic rings. The van der Waals surface area contributed by atoms with Crippen LogP contribution in [-0.4, -0.2) is 45.4 Å². The van der Waals surface area contributed by atoms with Gasteiger partial charge in [-0.25, -0.2) is 13.1 Å². The summed E-state index contributed by atoms with van der Waals surface area (Å²) in [6, 6.07) is 0. The molecular weight excluding hydrogens is 268 g/mol. The summed E-state index contributed by atoms with van der Waals surface area (Å²) in [5.41, 5.74) is 1.06. The zero-order valence-corrected chi connectivity index (χ0v) is 12.4. The monoisotopic (exact) mass is 290 g/mol. The van der Waals surface area contributed by atoms with E-state index in [1.165, 1.54) is 0 Å². The minimum atomic E-state index is -3.53. The SMILES string of the molecule is CCNCc1n[nH]c(C)c1S(=O)(=O)NCCCOC. The Balaban J connectivity index is 2.78. The zero-order chi connectivity index (χ0) is 14.3. The highest BCUT2D eigenvalue weighted by molar-refractivity contribution is 7.89. The molecule has 0 aromatic carbocycles. The first-order valence-corrected chi connectivity index (χ1v) is 7.74. The van der Waals surface area contributed by atoms with E-state index in [0.717, 1.165) is 6.54 Å². The molecule has 0 saturated carbocycles. The maximum atomic E-state index is 12.2. The number of hydrogen-bond donors (Lipinski definition) is 3. The molecule has 0 atom stereocenters. The number of rotatable bonds is 9. The number of aryl methyl sites for hydroxylation is 1.